The van der Waals surface area contributed by atoms with Crippen LogP contribution in [-0.2, 0) is 6.42 Å². The molecule has 0 aliphatic carbocycles. The molecule has 1 heterocycles. The Morgan fingerprint density at radius 1 is 1.38 bits per heavy atom. The van der Waals surface area contributed by atoms with Crippen LogP contribution in [0.15, 0.2) is 30.3 Å². The number of benzene rings is 1. The van der Waals surface area contributed by atoms with Crippen LogP contribution in [0, 0.1) is 0 Å². The van der Waals surface area contributed by atoms with Gasteiger partial charge in [-0.2, -0.15) is 0 Å². The Bertz CT molecular complexity index is 325. The lowest BCUT2D eigenvalue weighted by molar-refractivity contribution is 0.443. The molecule has 1 aliphatic rings. The molecule has 1 N–H and O–H groups in total. The van der Waals surface area contributed by atoms with Crippen LogP contribution >= 0.6 is 11.8 Å². The van der Waals surface area contributed by atoms with Gasteiger partial charge in [-0.05, 0) is 38.3 Å². The van der Waals surface area contributed by atoms with Crippen molar-refractivity contribution in [2.45, 2.75) is 43.2 Å². The maximum atomic E-state index is 3.66. The zero-order valence-electron chi connectivity index (χ0n) is 10.2. The summed E-state index contributed by atoms with van der Waals surface area (Å²) in [6.07, 6.45) is 3.68. The number of thioether (sulfide) groups is 1. The molecule has 0 spiro atoms. The molecule has 0 radical (unpaired) electrons. The molecule has 0 saturated carbocycles. The first-order chi connectivity index (χ1) is 7.68. The molecule has 1 aromatic carbocycles. The third-order valence-electron chi connectivity index (χ3n) is 3.24. The number of hydrogen-bond acceptors (Lipinski definition) is 2. The predicted molar refractivity (Wildman–Crippen MR) is 72.8 cm³/mol. The molecule has 16 heavy (non-hydrogen) atoms. The number of aryl methyl sites for hydroxylation is 1. The number of nitrogens with one attached hydrogen (secondary N) is 1. The van der Waals surface area contributed by atoms with Crippen molar-refractivity contribution >= 4 is 11.8 Å². The molecule has 1 aliphatic heterocycles. The Hall–Kier alpha value is -0.470. The molecule has 1 aromatic rings. The Morgan fingerprint density at radius 3 is 2.81 bits per heavy atom. The first kappa shape index (κ1) is 12.0. The van der Waals surface area contributed by atoms with Crippen LogP contribution in [-0.4, -0.2) is 16.7 Å². The van der Waals surface area contributed by atoms with Crippen LogP contribution in [0.5, 0.6) is 0 Å². The van der Waals surface area contributed by atoms with Gasteiger partial charge >= 0.3 is 0 Å². The summed E-state index contributed by atoms with van der Waals surface area (Å²) in [5.74, 6) is 0. The van der Waals surface area contributed by atoms with E-state index in [1.165, 1.54) is 31.4 Å². The highest BCUT2D eigenvalue weighted by atomic mass is 32.2. The number of hydrogen-bond donors (Lipinski definition) is 1. The van der Waals surface area contributed by atoms with Gasteiger partial charge in [0, 0.05) is 5.25 Å². The van der Waals surface area contributed by atoms with Crippen molar-refractivity contribution in [2.24, 2.45) is 0 Å². The van der Waals surface area contributed by atoms with Gasteiger partial charge in [-0.3, -0.25) is 0 Å². The molecule has 0 bridgehead atoms. The van der Waals surface area contributed by atoms with Crippen molar-refractivity contribution in [1.82, 2.24) is 5.32 Å². The van der Waals surface area contributed by atoms with E-state index in [0.717, 1.165) is 5.25 Å². The van der Waals surface area contributed by atoms with Crippen LogP contribution in [0.25, 0.3) is 0 Å². The average Bonchev–Trinajstić information content (AvgIpc) is 2.28. The Morgan fingerprint density at radius 2 is 2.12 bits per heavy atom. The first-order valence-corrected chi connectivity index (χ1v) is 7.03. The molecule has 1 saturated heterocycles. The van der Waals surface area contributed by atoms with Crippen molar-refractivity contribution in [3.63, 3.8) is 0 Å². The Kier molecular flexibility index (Phi) is 3.93. The van der Waals surface area contributed by atoms with E-state index in [1.807, 2.05) is 0 Å². The second-order valence-corrected chi connectivity index (χ2v) is 6.80. The lowest BCUT2D eigenvalue weighted by atomic mass is 10.1. The Labute approximate surface area is 103 Å². The third kappa shape index (κ3) is 3.26. The quantitative estimate of drug-likeness (QED) is 0.861. The molecule has 2 heteroatoms. The molecule has 0 aromatic heterocycles. The van der Waals surface area contributed by atoms with Gasteiger partial charge in [0.05, 0.1) is 4.87 Å². The van der Waals surface area contributed by atoms with E-state index >= 15 is 0 Å². The lowest BCUT2D eigenvalue weighted by Gasteiger charge is -2.37. The van der Waals surface area contributed by atoms with Gasteiger partial charge < -0.3 is 5.32 Å². The first-order valence-electron chi connectivity index (χ1n) is 6.15. The van der Waals surface area contributed by atoms with Crippen molar-refractivity contribution < 1.29 is 0 Å². The summed E-state index contributed by atoms with van der Waals surface area (Å²) < 4.78 is 0. The maximum absolute atomic E-state index is 3.66. The van der Waals surface area contributed by atoms with Gasteiger partial charge in [0.15, 0.2) is 0 Å². The highest BCUT2D eigenvalue weighted by Crippen LogP contribution is 2.35. The van der Waals surface area contributed by atoms with Gasteiger partial charge in [0.1, 0.15) is 0 Å². The largest absolute Gasteiger partial charge is 0.303 e. The monoisotopic (exact) mass is 235 g/mol. The highest BCUT2D eigenvalue weighted by molar-refractivity contribution is 8.01. The third-order valence-corrected chi connectivity index (χ3v) is 4.75. The normalized spacial score (nSPS) is 30.2. The van der Waals surface area contributed by atoms with Crippen LogP contribution in [0.4, 0.5) is 0 Å². The average molecular weight is 235 g/mol. The van der Waals surface area contributed by atoms with Gasteiger partial charge in [-0.1, -0.05) is 37.3 Å². The zero-order chi connectivity index (χ0) is 11.4. The van der Waals surface area contributed by atoms with Crippen molar-refractivity contribution in [3.05, 3.63) is 35.9 Å². The fraction of sp³-hybridized carbons (Fsp3) is 0.571. The van der Waals surface area contributed by atoms with E-state index in [9.17, 15) is 0 Å². The van der Waals surface area contributed by atoms with Crippen LogP contribution < -0.4 is 5.32 Å². The summed E-state index contributed by atoms with van der Waals surface area (Å²) >= 11 is 2.10. The van der Waals surface area contributed by atoms with Crippen molar-refractivity contribution in [2.75, 3.05) is 6.54 Å². The van der Waals surface area contributed by atoms with E-state index in [2.05, 4.69) is 61.3 Å². The predicted octanol–water partition coefficient (Wildman–Crippen LogP) is 3.45. The molecule has 2 unspecified atom stereocenters. The van der Waals surface area contributed by atoms with E-state index in [4.69, 9.17) is 0 Å². The lowest BCUT2D eigenvalue weighted by Crippen LogP contribution is -2.45. The zero-order valence-corrected chi connectivity index (χ0v) is 11.0. The summed E-state index contributed by atoms with van der Waals surface area (Å²) in [6.45, 7) is 5.85. The van der Waals surface area contributed by atoms with Gasteiger partial charge in [-0.25, -0.2) is 0 Å². The minimum Gasteiger partial charge on any atom is -0.303 e. The maximum Gasteiger partial charge on any atom is 0.0622 e. The summed E-state index contributed by atoms with van der Waals surface area (Å²) in [5, 5.41) is 4.45. The molecular formula is C14H21NS. The molecule has 0 amide bonds. The van der Waals surface area contributed by atoms with Crippen LogP contribution in [0.3, 0.4) is 0 Å². The molecule has 2 atom stereocenters. The Balaban J connectivity index is 1.89. The second kappa shape index (κ2) is 5.24. The van der Waals surface area contributed by atoms with E-state index in [1.54, 1.807) is 0 Å². The van der Waals surface area contributed by atoms with Crippen molar-refractivity contribution in [3.8, 4) is 0 Å². The summed E-state index contributed by atoms with van der Waals surface area (Å²) in [4.78, 5) is 0.271. The summed E-state index contributed by atoms with van der Waals surface area (Å²) in [5.41, 5.74) is 1.45. The molecule has 2 rings (SSSR count). The van der Waals surface area contributed by atoms with Gasteiger partial charge in [0.2, 0.25) is 0 Å². The molecular weight excluding hydrogens is 214 g/mol. The van der Waals surface area contributed by atoms with E-state index in [-0.39, 0.29) is 4.87 Å². The summed E-state index contributed by atoms with van der Waals surface area (Å²) in [7, 11) is 0. The van der Waals surface area contributed by atoms with E-state index < -0.39 is 0 Å². The minimum atomic E-state index is 0.271. The van der Waals surface area contributed by atoms with Gasteiger partial charge in [0.25, 0.3) is 0 Å². The van der Waals surface area contributed by atoms with Gasteiger partial charge in [-0.15, -0.1) is 11.8 Å². The molecule has 1 nitrogen and oxygen atoms in total. The topological polar surface area (TPSA) is 12.0 Å². The highest BCUT2D eigenvalue weighted by Gasteiger charge is 2.29. The van der Waals surface area contributed by atoms with Crippen LogP contribution in [0.2, 0.25) is 0 Å². The van der Waals surface area contributed by atoms with Crippen LogP contribution in [0.1, 0.15) is 32.3 Å². The van der Waals surface area contributed by atoms with Crippen molar-refractivity contribution in [1.29, 1.82) is 0 Å². The fourth-order valence-corrected chi connectivity index (χ4v) is 3.79. The SMILES string of the molecule is CC1CCNC(C)(CCc2ccccc2)S1. The number of rotatable bonds is 3. The van der Waals surface area contributed by atoms with E-state index in [0.29, 0.717) is 0 Å². The standard InChI is InChI=1S/C14H21NS/c1-12-9-11-15-14(2,16-12)10-8-13-6-4-3-5-7-13/h3-7,12,15H,8-11H2,1-2H3. The minimum absolute atomic E-state index is 0.271. The fourth-order valence-electron chi connectivity index (χ4n) is 2.26. The molecule has 1 fully saturated rings. The second-order valence-electron chi connectivity index (χ2n) is 4.86. The smallest absolute Gasteiger partial charge is 0.0622 e. The summed E-state index contributed by atoms with van der Waals surface area (Å²) in [6, 6.07) is 10.8. The molecule has 88 valence electrons.